The molecule has 2 aromatic heterocycles. The SMILES string of the molecule is CSc1nc2sc(C(C)=O)c(C)c2c(=O)[nH]1. The fourth-order valence-electron chi connectivity index (χ4n) is 1.56. The third kappa shape index (κ3) is 1.68. The van der Waals surface area contributed by atoms with Crippen molar-refractivity contribution in [2.45, 2.75) is 19.0 Å². The Balaban J connectivity index is 2.86. The highest BCUT2D eigenvalue weighted by atomic mass is 32.2. The van der Waals surface area contributed by atoms with E-state index in [9.17, 15) is 9.59 Å². The lowest BCUT2D eigenvalue weighted by Gasteiger charge is -1.95. The quantitative estimate of drug-likeness (QED) is 0.507. The summed E-state index contributed by atoms with van der Waals surface area (Å²) in [7, 11) is 0. The van der Waals surface area contributed by atoms with Gasteiger partial charge in [0.15, 0.2) is 10.9 Å². The normalized spacial score (nSPS) is 10.9. The number of nitrogens with zero attached hydrogens (tertiary/aromatic N) is 1. The summed E-state index contributed by atoms with van der Waals surface area (Å²) in [4.78, 5) is 31.4. The molecule has 0 radical (unpaired) electrons. The van der Waals surface area contributed by atoms with Crippen molar-refractivity contribution in [3.8, 4) is 0 Å². The van der Waals surface area contributed by atoms with Gasteiger partial charge in [-0.15, -0.1) is 11.3 Å². The molecule has 0 aliphatic heterocycles. The number of ketones is 1. The van der Waals surface area contributed by atoms with Crippen LogP contribution in [0, 0.1) is 6.92 Å². The first-order valence-corrected chi connectivity index (χ1v) is 6.67. The van der Waals surface area contributed by atoms with E-state index in [0.717, 1.165) is 5.56 Å². The number of carbonyl (C=O) groups is 1. The second-order valence-electron chi connectivity index (χ2n) is 3.37. The van der Waals surface area contributed by atoms with Crippen molar-refractivity contribution >= 4 is 39.1 Å². The number of fused-ring (bicyclic) bond motifs is 1. The van der Waals surface area contributed by atoms with Gasteiger partial charge in [-0.05, 0) is 25.7 Å². The van der Waals surface area contributed by atoms with Crippen LogP contribution in [0.4, 0.5) is 0 Å². The molecule has 6 heteroatoms. The fraction of sp³-hybridized carbons (Fsp3) is 0.300. The first-order valence-electron chi connectivity index (χ1n) is 4.63. The Hall–Kier alpha value is -1.14. The predicted molar refractivity (Wildman–Crippen MR) is 66.8 cm³/mol. The summed E-state index contributed by atoms with van der Waals surface area (Å²) in [6, 6.07) is 0. The topological polar surface area (TPSA) is 62.8 Å². The number of aryl methyl sites for hydroxylation is 1. The predicted octanol–water partition coefficient (Wildman–Crippen LogP) is 2.22. The van der Waals surface area contributed by atoms with Crippen molar-refractivity contribution in [2.75, 3.05) is 6.26 Å². The molecule has 0 unspecified atom stereocenters. The molecule has 0 saturated heterocycles. The summed E-state index contributed by atoms with van der Waals surface area (Å²) in [6.45, 7) is 3.28. The van der Waals surface area contributed by atoms with Crippen molar-refractivity contribution < 1.29 is 4.79 Å². The van der Waals surface area contributed by atoms with Gasteiger partial charge in [0, 0.05) is 0 Å². The number of H-pyrrole nitrogens is 1. The van der Waals surface area contributed by atoms with E-state index in [1.165, 1.54) is 30.0 Å². The smallest absolute Gasteiger partial charge is 0.260 e. The molecule has 1 N–H and O–H groups in total. The highest BCUT2D eigenvalue weighted by molar-refractivity contribution is 7.98. The molecule has 0 aliphatic rings. The van der Waals surface area contributed by atoms with E-state index in [2.05, 4.69) is 9.97 Å². The van der Waals surface area contributed by atoms with E-state index in [1.54, 1.807) is 6.92 Å². The van der Waals surface area contributed by atoms with Crippen LogP contribution in [0.5, 0.6) is 0 Å². The van der Waals surface area contributed by atoms with Crippen LogP contribution >= 0.6 is 23.1 Å². The van der Waals surface area contributed by atoms with Crippen LogP contribution < -0.4 is 5.56 Å². The molecule has 2 aromatic rings. The van der Waals surface area contributed by atoms with Crippen molar-refractivity contribution in [1.82, 2.24) is 9.97 Å². The zero-order valence-electron chi connectivity index (χ0n) is 9.08. The largest absolute Gasteiger partial charge is 0.301 e. The number of aromatic nitrogens is 2. The van der Waals surface area contributed by atoms with Crippen LogP contribution in [0.2, 0.25) is 0 Å². The van der Waals surface area contributed by atoms with Crippen LogP contribution in [0.15, 0.2) is 9.95 Å². The Morgan fingerprint density at radius 1 is 1.50 bits per heavy atom. The maximum Gasteiger partial charge on any atom is 0.260 e. The maximum atomic E-state index is 11.8. The van der Waals surface area contributed by atoms with Gasteiger partial charge in [-0.2, -0.15) is 0 Å². The molecule has 4 nitrogen and oxygen atoms in total. The average Bonchev–Trinajstić information content (AvgIpc) is 2.56. The molecular formula is C10H10N2O2S2. The van der Waals surface area contributed by atoms with Crippen molar-refractivity contribution in [1.29, 1.82) is 0 Å². The third-order valence-electron chi connectivity index (χ3n) is 2.29. The van der Waals surface area contributed by atoms with E-state index >= 15 is 0 Å². The highest BCUT2D eigenvalue weighted by Crippen LogP contribution is 2.27. The molecular weight excluding hydrogens is 244 g/mol. The van der Waals surface area contributed by atoms with Crippen LogP contribution in [0.1, 0.15) is 22.2 Å². The Morgan fingerprint density at radius 2 is 2.19 bits per heavy atom. The fourth-order valence-corrected chi connectivity index (χ4v) is 3.07. The lowest BCUT2D eigenvalue weighted by molar-refractivity contribution is 0.102. The maximum absolute atomic E-state index is 11.8. The van der Waals surface area contributed by atoms with E-state index in [1.807, 2.05) is 6.26 Å². The first-order chi connectivity index (χ1) is 7.54. The molecule has 0 saturated carbocycles. The first kappa shape index (κ1) is 11.3. The Bertz CT molecular complexity index is 628. The molecule has 16 heavy (non-hydrogen) atoms. The van der Waals surface area contributed by atoms with E-state index in [0.29, 0.717) is 20.3 Å². The van der Waals surface area contributed by atoms with Gasteiger partial charge in [0.25, 0.3) is 5.56 Å². The summed E-state index contributed by atoms with van der Waals surface area (Å²) in [5, 5.41) is 1.11. The minimum atomic E-state index is -0.171. The van der Waals surface area contributed by atoms with Gasteiger partial charge in [-0.3, -0.25) is 9.59 Å². The van der Waals surface area contributed by atoms with E-state index in [-0.39, 0.29) is 11.3 Å². The van der Waals surface area contributed by atoms with Crippen LogP contribution in [-0.4, -0.2) is 22.0 Å². The van der Waals surface area contributed by atoms with Gasteiger partial charge in [-0.25, -0.2) is 4.98 Å². The zero-order valence-corrected chi connectivity index (χ0v) is 10.7. The summed E-state index contributed by atoms with van der Waals surface area (Å²) < 4.78 is 0. The number of thiophene rings is 1. The van der Waals surface area contributed by atoms with Gasteiger partial charge in [0.2, 0.25) is 0 Å². The van der Waals surface area contributed by atoms with Crippen molar-refractivity contribution in [2.24, 2.45) is 0 Å². The number of hydrogen-bond donors (Lipinski definition) is 1. The lowest BCUT2D eigenvalue weighted by Crippen LogP contribution is -2.08. The van der Waals surface area contributed by atoms with Gasteiger partial charge >= 0.3 is 0 Å². The number of thioether (sulfide) groups is 1. The monoisotopic (exact) mass is 254 g/mol. The zero-order chi connectivity index (χ0) is 11.9. The Kier molecular flexibility index (Phi) is 2.86. The van der Waals surface area contributed by atoms with Crippen molar-refractivity contribution in [3.63, 3.8) is 0 Å². The number of nitrogens with one attached hydrogen (secondary N) is 1. The van der Waals surface area contributed by atoms with Gasteiger partial charge in [0.05, 0.1) is 10.3 Å². The van der Waals surface area contributed by atoms with Gasteiger partial charge in [-0.1, -0.05) is 11.8 Å². The Morgan fingerprint density at radius 3 is 2.75 bits per heavy atom. The van der Waals surface area contributed by atoms with E-state index < -0.39 is 0 Å². The highest BCUT2D eigenvalue weighted by Gasteiger charge is 2.16. The van der Waals surface area contributed by atoms with E-state index in [4.69, 9.17) is 0 Å². The summed E-state index contributed by atoms with van der Waals surface area (Å²) in [5.41, 5.74) is 0.560. The summed E-state index contributed by atoms with van der Waals surface area (Å²) in [5.74, 6) is -0.0226. The third-order valence-corrected chi connectivity index (χ3v) is 4.16. The average molecular weight is 254 g/mol. The molecule has 0 aliphatic carbocycles. The number of hydrogen-bond acceptors (Lipinski definition) is 5. The summed E-state index contributed by atoms with van der Waals surface area (Å²) in [6.07, 6.45) is 1.84. The molecule has 0 amide bonds. The molecule has 0 aromatic carbocycles. The second-order valence-corrected chi connectivity index (χ2v) is 5.16. The van der Waals surface area contributed by atoms with Crippen LogP contribution in [-0.2, 0) is 0 Å². The Labute approximate surface area is 100 Å². The molecule has 2 heterocycles. The number of aromatic amines is 1. The lowest BCUT2D eigenvalue weighted by atomic mass is 10.2. The minimum Gasteiger partial charge on any atom is -0.301 e. The summed E-state index contributed by atoms with van der Waals surface area (Å²) >= 11 is 2.66. The second kappa shape index (κ2) is 4.03. The molecule has 0 atom stereocenters. The van der Waals surface area contributed by atoms with Gasteiger partial charge < -0.3 is 4.98 Å². The molecule has 2 rings (SSSR count). The van der Waals surface area contributed by atoms with Gasteiger partial charge in [0.1, 0.15) is 4.83 Å². The minimum absolute atomic E-state index is 0.0226. The standard InChI is InChI=1S/C10H10N2O2S2/c1-4-6-8(14)11-10(15-3)12-9(6)16-7(4)5(2)13/h1-3H3,(H,11,12,14). The van der Waals surface area contributed by atoms with Crippen LogP contribution in [0.25, 0.3) is 10.2 Å². The molecule has 0 bridgehead atoms. The van der Waals surface area contributed by atoms with Crippen molar-refractivity contribution in [3.05, 3.63) is 20.8 Å². The number of carbonyl (C=O) groups excluding carboxylic acids is 1. The number of rotatable bonds is 2. The molecule has 0 fully saturated rings. The molecule has 0 spiro atoms. The molecule has 84 valence electrons. The van der Waals surface area contributed by atoms with Crippen LogP contribution in [0.3, 0.4) is 0 Å². The number of Topliss-reactive ketones (excluding diaryl/α,β-unsaturated/α-hetero) is 1.